The first-order valence-corrected chi connectivity index (χ1v) is 14.3. The summed E-state index contributed by atoms with van der Waals surface area (Å²) in [5.74, 6) is -0.229. The van der Waals surface area contributed by atoms with Crippen LogP contribution in [-0.4, -0.2) is 22.9 Å². The lowest BCUT2D eigenvalue weighted by Gasteiger charge is -2.32. The van der Waals surface area contributed by atoms with Crippen LogP contribution >= 0.6 is 0 Å². The van der Waals surface area contributed by atoms with Gasteiger partial charge in [0.05, 0.1) is 0 Å². The van der Waals surface area contributed by atoms with Crippen molar-refractivity contribution in [3.63, 3.8) is 0 Å². The summed E-state index contributed by atoms with van der Waals surface area (Å²) in [6, 6.07) is 30.7. The van der Waals surface area contributed by atoms with Crippen molar-refractivity contribution in [3.05, 3.63) is 119 Å². The monoisotopic (exact) mass is 531 g/mol. The van der Waals surface area contributed by atoms with E-state index in [0.717, 1.165) is 42.4 Å². The number of nitrogens with zero attached hydrogens (tertiary/aromatic N) is 1. The van der Waals surface area contributed by atoms with Gasteiger partial charge in [0.15, 0.2) is 5.71 Å². The van der Waals surface area contributed by atoms with E-state index in [9.17, 15) is 9.90 Å². The van der Waals surface area contributed by atoms with Gasteiger partial charge < -0.3 is 9.94 Å². The Kier molecular flexibility index (Phi) is 7.99. The maximum Gasteiger partial charge on any atom is 0.221 e. The van der Waals surface area contributed by atoms with Crippen molar-refractivity contribution in [2.24, 2.45) is 5.16 Å². The number of aryl methyl sites for hydroxylation is 1. The molecule has 0 saturated carbocycles. The van der Waals surface area contributed by atoms with E-state index in [-0.39, 0.29) is 16.9 Å². The number of Topliss-reactive ketones (excluding diaryl/α,β-unsaturated/α-hetero) is 1. The number of fused-ring (bicyclic) bond motifs is 3. The topological polar surface area (TPSA) is 58.9 Å². The number of carbonyl (C=O) groups excluding carboxylic acids is 1. The van der Waals surface area contributed by atoms with Gasteiger partial charge in [-0.15, -0.1) is 0 Å². The van der Waals surface area contributed by atoms with Crippen molar-refractivity contribution < 1.29 is 14.7 Å². The molecule has 0 radical (unpaired) electrons. The maximum absolute atomic E-state index is 14.4. The number of hydrogen-bond acceptors (Lipinski definition) is 4. The molecule has 40 heavy (non-hydrogen) atoms. The lowest BCUT2D eigenvalue weighted by Crippen LogP contribution is -2.26. The SMILES string of the molecule is CCCC1(CCC)c2ccccc2-c2ccc(C(=O)/C(=N\OC(C)O)c3c(C)cccc3-c3ccccc3)cc21. The normalized spacial score (nSPS) is 14.4. The van der Waals surface area contributed by atoms with Gasteiger partial charge in [0.25, 0.3) is 0 Å². The Labute approximate surface area is 237 Å². The largest absolute Gasteiger partial charge is 0.363 e. The molecule has 0 aliphatic heterocycles. The zero-order valence-corrected chi connectivity index (χ0v) is 23.8. The van der Waals surface area contributed by atoms with E-state index in [0.29, 0.717) is 11.1 Å². The molecule has 1 N–H and O–H groups in total. The van der Waals surface area contributed by atoms with Crippen LogP contribution in [0, 0.1) is 6.92 Å². The molecule has 4 aromatic carbocycles. The van der Waals surface area contributed by atoms with E-state index in [1.165, 1.54) is 29.2 Å². The molecule has 5 rings (SSSR count). The number of rotatable bonds is 10. The molecule has 4 heteroatoms. The van der Waals surface area contributed by atoms with Crippen LogP contribution in [0.1, 0.15) is 79.1 Å². The van der Waals surface area contributed by atoms with Crippen LogP contribution < -0.4 is 0 Å². The van der Waals surface area contributed by atoms with Gasteiger partial charge in [0, 0.05) is 23.5 Å². The van der Waals surface area contributed by atoms with Gasteiger partial charge in [-0.2, -0.15) is 0 Å². The molecule has 204 valence electrons. The molecule has 0 aromatic heterocycles. The molecule has 0 saturated heterocycles. The third-order valence-electron chi connectivity index (χ3n) is 7.99. The number of oxime groups is 1. The Morgan fingerprint density at radius 1 is 0.825 bits per heavy atom. The smallest absolute Gasteiger partial charge is 0.221 e. The second-order valence-corrected chi connectivity index (χ2v) is 10.7. The number of ketones is 1. The second-order valence-electron chi connectivity index (χ2n) is 10.7. The maximum atomic E-state index is 14.4. The molecule has 0 amide bonds. The average molecular weight is 532 g/mol. The van der Waals surface area contributed by atoms with Gasteiger partial charge in [-0.25, -0.2) is 0 Å². The third-order valence-corrected chi connectivity index (χ3v) is 7.99. The van der Waals surface area contributed by atoms with E-state index >= 15 is 0 Å². The Hall–Kier alpha value is -4.02. The van der Waals surface area contributed by atoms with E-state index < -0.39 is 6.29 Å². The molecule has 1 aliphatic rings. The van der Waals surface area contributed by atoms with Crippen LogP contribution in [0.15, 0.2) is 96.2 Å². The van der Waals surface area contributed by atoms with Crippen LogP contribution in [-0.2, 0) is 10.3 Å². The second kappa shape index (κ2) is 11.6. The molecule has 4 nitrogen and oxygen atoms in total. The molecule has 0 bridgehead atoms. The summed E-state index contributed by atoms with van der Waals surface area (Å²) in [6.07, 6.45) is 2.98. The summed E-state index contributed by atoms with van der Waals surface area (Å²) in [6.45, 7) is 7.92. The minimum Gasteiger partial charge on any atom is -0.363 e. The zero-order valence-electron chi connectivity index (χ0n) is 23.8. The lowest BCUT2D eigenvalue weighted by molar-refractivity contribution is -0.0835. The quantitative estimate of drug-likeness (QED) is 0.0966. The highest BCUT2D eigenvalue weighted by Gasteiger charge is 2.42. The summed E-state index contributed by atoms with van der Waals surface area (Å²) in [4.78, 5) is 19.7. The van der Waals surface area contributed by atoms with Gasteiger partial charge in [-0.3, -0.25) is 4.79 Å². The molecule has 1 unspecified atom stereocenters. The van der Waals surface area contributed by atoms with Gasteiger partial charge in [-0.1, -0.05) is 117 Å². The minimum absolute atomic E-state index is 0.128. The van der Waals surface area contributed by atoms with Gasteiger partial charge in [0.2, 0.25) is 12.1 Å². The van der Waals surface area contributed by atoms with Crippen molar-refractivity contribution in [3.8, 4) is 22.3 Å². The summed E-state index contributed by atoms with van der Waals surface area (Å²) in [5, 5.41) is 14.2. The Morgan fingerprint density at radius 3 is 2.17 bits per heavy atom. The predicted octanol–water partition coefficient (Wildman–Crippen LogP) is 8.47. The van der Waals surface area contributed by atoms with Crippen molar-refractivity contribution in [1.82, 2.24) is 0 Å². The number of hydrogen-bond donors (Lipinski definition) is 1. The zero-order chi connectivity index (χ0) is 28.3. The Balaban J connectivity index is 1.68. The Bertz CT molecular complexity index is 1550. The van der Waals surface area contributed by atoms with Crippen LogP contribution in [0.25, 0.3) is 22.3 Å². The number of aliphatic hydroxyl groups excluding tert-OH is 1. The van der Waals surface area contributed by atoms with E-state index in [1.54, 1.807) is 0 Å². The molecule has 0 heterocycles. The molecule has 1 aliphatic carbocycles. The fourth-order valence-electron chi connectivity index (χ4n) is 6.42. The van der Waals surface area contributed by atoms with Crippen LogP contribution in [0.3, 0.4) is 0 Å². The molecule has 0 fully saturated rings. The first-order chi connectivity index (χ1) is 19.4. The highest BCUT2D eigenvalue weighted by Crippen LogP contribution is 2.53. The number of carbonyl (C=O) groups is 1. The van der Waals surface area contributed by atoms with Gasteiger partial charge in [0.1, 0.15) is 0 Å². The number of aliphatic hydroxyl groups is 1. The highest BCUT2D eigenvalue weighted by molar-refractivity contribution is 6.52. The van der Waals surface area contributed by atoms with Gasteiger partial charge in [-0.05, 0) is 64.8 Å². The van der Waals surface area contributed by atoms with Crippen molar-refractivity contribution >= 4 is 11.5 Å². The summed E-state index contributed by atoms with van der Waals surface area (Å²) in [5.41, 5.74) is 9.14. The van der Waals surface area contributed by atoms with Crippen molar-refractivity contribution in [2.45, 2.75) is 65.1 Å². The summed E-state index contributed by atoms with van der Waals surface area (Å²) in [7, 11) is 0. The molecular weight excluding hydrogens is 494 g/mol. The van der Waals surface area contributed by atoms with Crippen molar-refractivity contribution in [1.29, 1.82) is 0 Å². The summed E-state index contributed by atoms with van der Waals surface area (Å²) < 4.78 is 0. The fourth-order valence-corrected chi connectivity index (χ4v) is 6.42. The van der Waals surface area contributed by atoms with Crippen LogP contribution in [0.4, 0.5) is 0 Å². The molecule has 1 atom stereocenters. The van der Waals surface area contributed by atoms with E-state index in [2.05, 4.69) is 55.4 Å². The first-order valence-electron chi connectivity index (χ1n) is 14.3. The Morgan fingerprint density at radius 2 is 1.48 bits per heavy atom. The molecule has 0 spiro atoms. The molecular formula is C36H37NO3. The summed E-state index contributed by atoms with van der Waals surface area (Å²) >= 11 is 0. The number of benzene rings is 4. The standard InChI is InChI=1S/C36H37NO3/c1-5-21-36(22-6-2)31-18-11-10-16-29(31)30-20-19-27(23-32(30)36)35(39)34(37-40-25(4)38)33-24(3)13-12-17-28(33)26-14-8-7-9-15-26/h7-20,23,25,38H,5-6,21-22H2,1-4H3/b37-34-. The molecule has 4 aromatic rings. The average Bonchev–Trinajstić information content (AvgIpc) is 3.23. The third kappa shape index (κ3) is 4.89. The predicted molar refractivity (Wildman–Crippen MR) is 163 cm³/mol. The van der Waals surface area contributed by atoms with Gasteiger partial charge >= 0.3 is 0 Å². The minimum atomic E-state index is -1.15. The first kappa shape index (κ1) is 27.5. The highest BCUT2D eigenvalue weighted by atomic mass is 16.7. The fraction of sp³-hybridized carbons (Fsp3) is 0.278. The van der Waals surface area contributed by atoms with Crippen LogP contribution in [0.2, 0.25) is 0 Å². The van der Waals surface area contributed by atoms with E-state index in [1.807, 2.05) is 61.5 Å². The van der Waals surface area contributed by atoms with E-state index in [4.69, 9.17) is 4.84 Å². The van der Waals surface area contributed by atoms with Crippen LogP contribution in [0.5, 0.6) is 0 Å². The van der Waals surface area contributed by atoms with Crippen molar-refractivity contribution in [2.75, 3.05) is 0 Å². The lowest BCUT2D eigenvalue weighted by atomic mass is 9.71.